The average Bonchev–Trinajstić information content (AvgIpc) is 2.84. The third-order valence-corrected chi connectivity index (χ3v) is 5.25. The molecule has 1 aromatic heterocycles. The van der Waals surface area contributed by atoms with Gasteiger partial charge in [0.15, 0.2) is 0 Å². The summed E-state index contributed by atoms with van der Waals surface area (Å²) in [5.41, 5.74) is 1.72. The largest absolute Gasteiger partial charge is 0.323 e. The molecule has 2 heterocycles. The van der Waals surface area contributed by atoms with E-state index in [0.717, 1.165) is 0 Å². The maximum atomic E-state index is 13.5. The van der Waals surface area contributed by atoms with Crippen LogP contribution in [0, 0.1) is 10.1 Å². The van der Waals surface area contributed by atoms with Crippen molar-refractivity contribution in [3.63, 3.8) is 0 Å². The van der Waals surface area contributed by atoms with Crippen LogP contribution in [0.4, 0.5) is 11.4 Å². The summed E-state index contributed by atoms with van der Waals surface area (Å²) in [7, 11) is 0. The minimum absolute atomic E-state index is 0.0213. The number of amides is 2. The molecule has 1 aliphatic heterocycles. The number of carbonyl (C=O) groups excluding carboxylic acids is 2. The highest BCUT2D eigenvalue weighted by atomic mass is 35.5. The molecule has 9 heteroatoms. The van der Waals surface area contributed by atoms with E-state index in [0.29, 0.717) is 27.5 Å². The van der Waals surface area contributed by atoms with Gasteiger partial charge in [-0.2, -0.15) is 0 Å². The number of aromatic nitrogens is 1. The Balaban J connectivity index is 1.76. The summed E-state index contributed by atoms with van der Waals surface area (Å²) in [6, 6.07) is 15.2. The van der Waals surface area contributed by atoms with Gasteiger partial charge in [-0.05, 0) is 35.9 Å². The summed E-state index contributed by atoms with van der Waals surface area (Å²) in [5, 5.41) is 14.3. The molecule has 2 aromatic carbocycles. The van der Waals surface area contributed by atoms with Gasteiger partial charge in [-0.15, -0.1) is 0 Å². The van der Waals surface area contributed by atoms with E-state index >= 15 is 0 Å². The van der Waals surface area contributed by atoms with Gasteiger partial charge in [0.1, 0.15) is 6.04 Å². The van der Waals surface area contributed by atoms with E-state index < -0.39 is 11.0 Å². The SMILES string of the molecule is O=C1Nc2cc(Cl)ccc2C(=O)N(Cc2cccc([N+](=O)[O-])c2)C1Cc1ccccn1. The summed E-state index contributed by atoms with van der Waals surface area (Å²) in [5.74, 6) is -0.761. The number of carbonyl (C=O) groups is 2. The lowest BCUT2D eigenvalue weighted by molar-refractivity contribution is -0.384. The molecule has 0 spiro atoms. The van der Waals surface area contributed by atoms with Crippen molar-refractivity contribution in [1.82, 2.24) is 9.88 Å². The van der Waals surface area contributed by atoms with Gasteiger partial charge in [-0.3, -0.25) is 24.7 Å². The third kappa shape index (κ3) is 4.39. The van der Waals surface area contributed by atoms with E-state index in [-0.39, 0.29) is 30.5 Å². The van der Waals surface area contributed by atoms with Crippen LogP contribution in [0.3, 0.4) is 0 Å². The third-order valence-electron chi connectivity index (χ3n) is 5.01. The molecule has 2 amide bonds. The zero-order valence-electron chi connectivity index (χ0n) is 16.2. The summed E-state index contributed by atoms with van der Waals surface area (Å²) in [4.78, 5) is 42.9. The summed E-state index contributed by atoms with van der Waals surface area (Å²) >= 11 is 6.05. The van der Waals surface area contributed by atoms with Gasteiger partial charge >= 0.3 is 0 Å². The highest BCUT2D eigenvalue weighted by Gasteiger charge is 2.36. The molecule has 1 atom stereocenters. The topological polar surface area (TPSA) is 105 Å². The van der Waals surface area contributed by atoms with Crippen molar-refractivity contribution < 1.29 is 14.5 Å². The van der Waals surface area contributed by atoms with Crippen LogP contribution in [0.2, 0.25) is 5.02 Å². The summed E-state index contributed by atoms with van der Waals surface area (Å²) in [6.45, 7) is 0.0213. The Bertz CT molecular complexity index is 1170. The second-order valence-corrected chi connectivity index (χ2v) is 7.52. The zero-order valence-corrected chi connectivity index (χ0v) is 17.0. The van der Waals surface area contributed by atoms with Crippen molar-refractivity contribution in [3.8, 4) is 0 Å². The van der Waals surface area contributed by atoms with Crippen LogP contribution in [0.25, 0.3) is 0 Å². The Morgan fingerprint density at radius 1 is 1.10 bits per heavy atom. The standard InChI is InChI=1S/C22H17ClN4O4/c23-15-7-8-18-19(11-15)25-21(28)20(12-16-5-1-2-9-24-16)26(22(18)29)13-14-4-3-6-17(10-14)27(30)31/h1-11,20H,12-13H2,(H,25,28). The number of anilines is 1. The quantitative estimate of drug-likeness (QED) is 0.483. The number of nitrogens with zero attached hydrogens (tertiary/aromatic N) is 3. The minimum atomic E-state index is -0.868. The molecule has 156 valence electrons. The predicted molar refractivity (Wildman–Crippen MR) is 115 cm³/mol. The number of nitro benzene ring substituents is 1. The molecule has 3 aromatic rings. The maximum Gasteiger partial charge on any atom is 0.269 e. The Kier molecular flexibility index (Phi) is 5.64. The van der Waals surface area contributed by atoms with Gasteiger partial charge < -0.3 is 10.2 Å². The molecule has 1 aliphatic rings. The fourth-order valence-electron chi connectivity index (χ4n) is 3.53. The van der Waals surface area contributed by atoms with E-state index in [4.69, 9.17) is 11.6 Å². The van der Waals surface area contributed by atoms with Crippen LogP contribution in [0.5, 0.6) is 0 Å². The van der Waals surface area contributed by atoms with E-state index in [1.807, 2.05) is 0 Å². The normalized spacial score (nSPS) is 15.8. The van der Waals surface area contributed by atoms with Gasteiger partial charge in [-0.1, -0.05) is 29.8 Å². The van der Waals surface area contributed by atoms with Crippen molar-refractivity contribution in [2.75, 3.05) is 5.32 Å². The van der Waals surface area contributed by atoms with E-state index in [1.165, 1.54) is 23.1 Å². The van der Waals surface area contributed by atoms with Crippen molar-refractivity contribution in [1.29, 1.82) is 0 Å². The van der Waals surface area contributed by atoms with Crippen molar-refractivity contribution >= 4 is 34.8 Å². The lowest BCUT2D eigenvalue weighted by Gasteiger charge is -2.28. The predicted octanol–water partition coefficient (Wildman–Crippen LogP) is 3.85. The lowest BCUT2D eigenvalue weighted by Crippen LogP contribution is -2.46. The number of halogens is 1. The van der Waals surface area contributed by atoms with Gasteiger partial charge in [0.25, 0.3) is 11.6 Å². The number of nitrogens with one attached hydrogen (secondary N) is 1. The molecule has 1 N–H and O–H groups in total. The zero-order chi connectivity index (χ0) is 22.0. The maximum absolute atomic E-state index is 13.5. The highest BCUT2D eigenvalue weighted by molar-refractivity contribution is 6.31. The summed E-state index contributed by atoms with van der Waals surface area (Å²) < 4.78 is 0. The van der Waals surface area contributed by atoms with Crippen LogP contribution in [-0.2, 0) is 17.8 Å². The lowest BCUT2D eigenvalue weighted by atomic mass is 10.1. The highest BCUT2D eigenvalue weighted by Crippen LogP contribution is 2.29. The Morgan fingerprint density at radius 3 is 2.68 bits per heavy atom. The first-order chi connectivity index (χ1) is 14.9. The number of nitro groups is 1. The number of benzene rings is 2. The van der Waals surface area contributed by atoms with E-state index in [2.05, 4.69) is 10.3 Å². The number of hydrogen-bond donors (Lipinski definition) is 1. The van der Waals surface area contributed by atoms with Crippen LogP contribution in [0.15, 0.2) is 66.9 Å². The van der Waals surface area contributed by atoms with Crippen LogP contribution < -0.4 is 5.32 Å². The number of pyridine rings is 1. The molecule has 8 nitrogen and oxygen atoms in total. The minimum Gasteiger partial charge on any atom is -0.323 e. The van der Waals surface area contributed by atoms with Gasteiger partial charge in [0.2, 0.25) is 5.91 Å². The Labute approximate surface area is 182 Å². The first-order valence-corrected chi connectivity index (χ1v) is 9.85. The average molecular weight is 437 g/mol. The Hall–Kier alpha value is -3.78. The summed E-state index contributed by atoms with van der Waals surface area (Å²) in [6.07, 6.45) is 1.81. The van der Waals surface area contributed by atoms with Crippen LogP contribution >= 0.6 is 11.6 Å². The van der Waals surface area contributed by atoms with Gasteiger partial charge in [-0.25, -0.2) is 0 Å². The molecule has 0 fully saturated rings. The number of hydrogen-bond acceptors (Lipinski definition) is 5. The van der Waals surface area contributed by atoms with Crippen molar-refractivity contribution in [2.24, 2.45) is 0 Å². The Morgan fingerprint density at radius 2 is 1.94 bits per heavy atom. The first kappa shape index (κ1) is 20.5. The first-order valence-electron chi connectivity index (χ1n) is 9.47. The van der Waals surface area contributed by atoms with Crippen LogP contribution in [0.1, 0.15) is 21.6 Å². The fourth-order valence-corrected chi connectivity index (χ4v) is 3.70. The second kappa shape index (κ2) is 8.53. The molecule has 0 bridgehead atoms. The molecular weight excluding hydrogens is 420 g/mol. The molecule has 0 saturated heterocycles. The molecule has 1 unspecified atom stereocenters. The number of rotatable bonds is 5. The molecule has 0 aliphatic carbocycles. The molecule has 0 radical (unpaired) electrons. The monoisotopic (exact) mass is 436 g/mol. The number of non-ortho nitro benzene ring substituents is 1. The van der Waals surface area contributed by atoms with E-state index in [1.54, 1.807) is 48.7 Å². The van der Waals surface area contributed by atoms with Gasteiger partial charge in [0, 0.05) is 42.0 Å². The molecule has 4 rings (SSSR count). The molecule has 31 heavy (non-hydrogen) atoms. The van der Waals surface area contributed by atoms with E-state index in [9.17, 15) is 19.7 Å². The number of fused-ring (bicyclic) bond motifs is 1. The van der Waals surface area contributed by atoms with Crippen molar-refractivity contribution in [2.45, 2.75) is 19.0 Å². The van der Waals surface area contributed by atoms with Crippen molar-refractivity contribution in [3.05, 3.63) is 98.8 Å². The molecular formula is C22H17ClN4O4. The fraction of sp³-hybridized carbons (Fsp3) is 0.136. The smallest absolute Gasteiger partial charge is 0.269 e. The second-order valence-electron chi connectivity index (χ2n) is 7.08. The van der Waals surface area contributed by atoms with Crippen LogP contribution in [-0.4, -0.2) is 32.7 Å². The van der Waals surface area contributed by atoms with Gasteiger partial charge in [0.05, 0.1) is 16.2 Å². The molecule has 0 saturated carbocycles.